The number of carbonyl (C=O) groups excluding carboxylic acids is 4. The number of ether oxygens (including phenoxy) is 6. The normalized spacial score (nSPS) is 21.8. The molecule has 2 heterocycles. The van der Waals surface area contributed by atoms with Crippen molar-refractivity contribution >= 4 is 46.2 Å². The Balaban J connectivity index is 1.72. The molecule has 0 bridgehead atoms. The van der Waals surface area contributed by atoms with E-state index in [0.717, 1.165) is 32.1 Å². The molecule has 2 aromatic carbocycles. The number of hydrogen-bond acceptors (Lipinski definition) is 12. The number of para-hydroxylation sites is 1. The minimum Gasteiger partial charge on any atom is -0.463 e. The van der Waals surface area contributed by atoms with E-state index in [9.17, 15) is 19.2 Å². The van der Waals surface area contributed by atoms with Crippen LogP contribution in [0.5, 0.6) is 5.75 Å². The Morgan fingerprint density at radius 1 is 0.780 bits per heavy atom. The molecular weight excluding hydrogens is 536 g/mol. The van der Waals surface area contributed by atoms with Crippen molar-refractivity contribution in [1.82, 2.24) is 4.98 Å². The maximum Gasteiger partial charge on any atom is 0.303 e. The number of carbonyl (C=O) groups is 4. The monoisotopic (exact) mass is 566 g/mol. The van der Waals surface area contributed by atoms with Crippen LogP contribution in [0.4, 0.5) is 11.4 Å². The Morgan fingerprint density at radius 3 is 2.10 bits per heavy atom. The standard InChI is InChI=1S/C29H30N2O10/c1-16(32)36-15-25-26(37-17(2)33)27(38-18(3)34)28(39-19(4)35)29(41-25)40-24-12-13-30-23-11-10-21(14-22(23)24)31-20-8-6-5-7-9-20/h5-14,25-29,31H,15H2,1-4H3/t25-,26-,27+,28-,29-/m1/s1. The fourth-order valence-corrected chi connectivity index (χ4v) is 4.40. The van der Waals surface area contributed by atoms with Crippen LogP contribution in [0, 0.1) is 0 Å². The fraction of sp³-hybridized carbons (Fsp3) is 0.345. The third kappa shape index (κ3) is 7.70. The summed E-state index contributed by atoms with van der Waals surface area (Å²) in [5.74, 6) is -2.48. The molecule has 1 N–H and O–H groups in total. The van der Waals surface area contributed by atoms with E-state index >= 15 is 0 Å². The van der Waals surface area contributed by atoms with Gasteiger partial charge >= 0.3 is 23.9 Å². The van der Waals surface area contributed by atoms with Crippen LogP contribution >= 0.6 is 0 Å². The van der Waals surface area contributed by atoms with Crippen LogP contribution in [0.25, 0.3) is 10.9 Å². The van der Waals surface area contributed by atoms with Crippen LogP contribution in [-0.2, 0) is 42.9 Å². The van der Waals surface area contributed by atoms with Crippen LogP contribution in [0.3, 0.4) is 0 Å². The molecule has 0 saturated carbocycles. The highest BCUT2D eigenvalue weighted by molar-refractivity contribution is 5.88. The summed E-state index contributed by atoms with van der Waals surface area (Å²) >= 11 is 0. The van der Waals surface area contributed by atoms with Gasteiger partial charge in [0.15, 0.2) is 12.2 Å². The van der Waals surface area contributed by atoms with E-state index in [1.165, 1.54) is 13.1 Å². The molecule has 0 unspecified atom stereocenters. The van der Waals surface area contributed by atoms with Crippen molar-refractivity contribution in [3.05, 3.63) is 60.8 Å². The first-order valence-corrected chi connectivity index (χ1v) is 12.8. The molecule has 5 atom stereocenters. The number of pyridine rings is 1. The van der Waals surface area contributed by atoms with E-state index in [1.807, 2.05) is 42.5 Å². The molecule has 4 rings (SSSR count). The number of benzene rings is 2. The molecule has 0 amide bonds. The van der Waals surface area contributed by atoms with E-state index < -0.39 is 54.6 Å². The van der Waals surface area contributed by atoms with Gasteiger partial charge in [-0.2, -0.15) is 0 Å². The van der Waals surface area contributed by atoms with Crippen LogP contribution in [0.1, 0.15) is 27.7 Å². The van der Waals surface area contributed by atoms with Gasteiger partial charge in [0.1, 0.15) is 18.5 Å². The first-order valence-electron chi connectivity index (χ1n) is 12.8. The van der Waals surface area contributed by atoms with E-state index in [0.29, 0.717) is 16.7 Å². The zero-order valence-corrected chi connectivity index (χ0v) is 22.9. The Hall–Kier alpha value is -4.71. The molecule has 1 aliphatic heterocycles. The van der Waals surface area contributed by atoms with Crippen LogP contribution < -0.4 is 10.1 Å². The second kappa shape index (κ2) is 13.1. The third-order valence-electron chi connectivity index (χ3n) is 5.96. The Labute approximate surface area is 235 Å². The van der Waals surface area contributed by atoms with Crippen LogP contribution in [-0.4, -0.2) is 66.2 Å². The minimum absolute atomic E-state index is 0.313. The first-order chi connectivity index (χ1) is 19.6. The zero-order valence-electron chi connectivity index (χ0n) is 22.9. The van der Waals surface area contributed by atoms with E-state index in [1.54, 1.807) is 12.1 Å². The number of fused-ring (bicyclic) bond motifs is 1. The highest BCUT2D eigenvalue weighted by Crippen LogP contribution is 2.34. The lowest BCUT2D eigenvalue weighted by Crippen LogP contribution is -2.63. The summed E-state index contributed by atoms with van der Waals surface area (Å²) in [5.41, 5.74) is 2.23. The van der Waals surface area contributed by atoms with Crippen molar-refractivity contribution < 1.29 is 47.6 Å². The van der Waals surface area contributed by atoms with Gasteiger partial charge in [-0.1, -0.05) is 18.2 Å². The van der Waals surface area contributed by atoms with Crippen molar-refractivity contribution in [2.75, 3.05) is 11.9 Å². The number of rotatable bonds is 9. The number of anilines is 2. The van der Waals surface area contributed by atoms with Gasteiger partial charge in [0.2, 0.25) is 12.4 Å². The predicted molar refractivity (Wildman–Crippen MR) is 144 cm³/mol. The molecule has 41 heavy (non-hydrogen) atoms. The lowest BCUT2D eigenvalue weighted by molar-refractivity contribution is -0.288. The molecule has 3 aromatic rings. The van der Waals surface area contributed by atoms with Crippen LogP contribution in [0.2, 0.25) is 0 Å². The van der Waals surface area contributed by atoms with Crippen molar-refractivity contribution in [1.29, 1.82) is 0 Å². The summed E-state index contributed by atoms with van der Waals surface area (Å²) in [6, 6.07) is 16.7. The quantitative estimate of drug-likeness (QED) is 0.299. The number of aromatic nitrogens is 1. The summed E-state index contributed by atoms with van der Waals surface area (Å²) in [4.78, 5) is 52.2. The van der Waals surface area contributed by atoms with Crippen LogP contribution in [0.15, 0.2) is 60.8 Å². The minimum atomic E-state index is -1.37. The number of hydrogen-bond donors (Lipinski definition) is 1. The molecular formula is C29H30N2O10. The predicted octanol–water partition coefficient (Wildman–Crippen LogP) is 3.44. The second-order valence-corrected chi connectivity index (χ2v) is 9.22. The number of nitrogens with zero attached hydrogens (tertiary/aromatic N) is 1. The average Bonchev–Trinajstić information content (AvgIpc) is 2.91. The Kier molecular flexibility index (Phi) is 9.35. The van der Waals surface area contributed by atoms with Gasteiger partial charge in [-0.25, -0.2) is 0 Å². The molecule has 1 aromatic heterocycles. The average molecular weight is 567 g/mol. The summed E-state index contributed by atoms with van der Waals surface area (Å²) in [6.45, 7) is 4.31. The van der Waals surface area contributed by atoms with Gasteiger partial charge in [0, 0.05) is 50.7 Å². The molecule has 12 nitrogen and oxygen atoms in total. The molecule has 1 fully saturated rings. The second-order valence-electron chi connectivity index (χ2n) is 9.22. The SMILES string of the molecule is CC(=O)OC[C@H]1O[C@@H](Oc2ccnc3ccc(Nc4ccccc4)cc23)[C@H](OC(C)=O)[C@@H](OC(C)=O)[C@@H]1OC(C)=O. The fourth-order valence-electron chi connectivity index (χ4n) is 4.40. The third-order valence-corrected chi connectivity index (χ3v) is 5.96. The Bertz CT molecular complexity index is 1410. The topological polar surface area (TPSA) is 149 Å². The van der Waals surface area contributed by atoms with E-state index in [-0.39, 0.29) is 6.61 Å². The summed E-state index contributed by atoms with van der Waals surface area (Å²) in [5, 5.41) is 3.91. The van der Waals surface area contributed by atoms with Crippen molar-refractivity contribution in [3.63, 3.8) is 0 Å². The summed E-state index contributed by atoms with van der Waals surface area (Å²) in [6.07, 6.45) is -4.95. The van der Waals surface area contributed by atoms with E-state index in [2.05, 4.69) is 10.3 Å². The van der Waals surface area contributed by atoms with Gasteiger partial charge in [-0.15, -0.1) is 0 Å². The van der Waals surface area contributed by atoms with Gasteiger partial charge in [0.05, 0.1) is 5.52 Å². The lowest BCUT2D eigenvalue weighted by atomic mass is 9.98. The van der Waals surface area contributed by atoms with Gasteiger partial charge in [-0.3, -0.25) is 24.2 Å². The Morgan fingerprint density at radius 2 is 1.44 bits per heavy atom. The summed E-state index contributed by atoms with van der Waals surface area (Å²) < 4.78 is 33.8. The lowest BCUT2D eigenvalue weighted by Gasteiger charge is -2.44. The highest BCUT2D eigenvalue weighted by Gasteiger charge is 2.53. The largest absolute Gasteiger partial charge is 0.463 e. The first kappa shape index (κ1) is 29.3. The van der Waals surface area contributed by atoms with Gasteiger partial charge < -0.3 is 33.7 Å². The maximum atomic E-state index is 12.1. The molecule has 1 saturated heterocycles. The maximum absolute atomic E-state index is 12.1. The van der Waals surface area contributed by atoms with Crippen molar-refractivity contribution in [2.24, 2.45) is 0 Å². The van der Waals surface area contributed by atoms with Crippen molar-refractivity contribution in [3.8, 4) is 5.75 Å². The molecule has 0 aliphatic carbocycles. The number of nitrogens with one attached hydrogen (secondary N) is 1. The zero-order chi connectivity index (χ0) is 29.5. The molecule has 0 spiro atoms. The summed E-state index contributed by atoms with van der Waals surface area (Å²) in [7, 11) is 0. The van der Waals surface area contributed by atoms with E-state index in [4.69, 9.17) is 28.4 Å². The molecule has 1 aliphatic rings. The smallest absolute Gasteiger partial charge is 0.303 e. The van der Waals surface area contributed by atoms with Gasteiger partial charge in [-0.05, 0) is 36.4 Å². The van der Waals surface area contributed by atoms with Crippen molar-refractivity contribution in [2.45, 2.75) is 58.4 Å². The molecule has 0 radical (unpaired) electrons. The van der Waals surface area contributed by atoms with Gasteiger partial charge in [0.25, 0.3) is 0 Å². The number of esters is 4. The molecule has 12 heteroatoms. The molecule has 216 valence electrons. The highest BCUT2D eigenvalue weighted by atomic mass is 16.7.